The van der Waals surface area contributed by atoms with Crippen molar-refractivity contribution in [3.05, 3.63) is 108 Å². The van der Waals surface area contributed by atoms with Gasteiger partial charge in [0.05, 0.1) is 18.4 Å². The average Bonchev–Trinajstić information content (AvgIpc) is 2.99. The maximum absolute atomic E-state index is 13.7. The van der Waals surface area contributed by atoms with E-state index in [1.54, 1.807) is 39.0 Å². The Kier molecular flexibility index (Phi) is 10.5. The SMILES string of the molecule is COc1ccc(-c2ccccc2C(F)(F)F)cc1S(=O)(=O)Nc1cccc(N(CCNC(=O)OC(C)(C)C)Cc2ccccc2)c1. The Hall–Kier alpha value is -4.71. The summed E-state index contributed by atoms with van der Waals surface area (Å²) in [5.41, 5.74) is 0.245. The monoisotopic (exact) mass is 655 g/mol. The number of benzene rings is 4. The van der Waals surface area contributed by atoms with Crippen molar-refractivity contribution >= 4 is 27.5 Å². The highest BCUT2D eigenvalue weighted by molar-refractivity contribution is 7.92. The lowest BCUT2D eigenvalue weighted by Gasteiger charge is -2.26. The maximum Gasteiger partial charge on any atom is 0.417 e. The van der Waals surface area contributed by atoms with Gasteiger partial charge in [-0.2, -0.15) is 13.2 Å². The number of ether oxygens (including phenoxy) is 2. The third kappa shape index (κ3) is 9.16. The summed E-state index contributed by atoms with van der Waals surface area (Å²) in [5.74, 6) is -0.0317. The van der Waals surface area contributed by atoms with E-state index in [-0.39, 0.29) is 34.0 Å². The molecule has 0 aliphatic rings. The van der Waals surface area contributed by atoms with Crippen molar-refractivity contribution in [1.29, 1.82) is 0 Å². The van der Waals surface area contributed by atoms with Gasteiger partial charge in [-0.1, -0.05) is 60.7 Å². The van der Waals surface area contributed by atoms with Crippen LogP contribution in [0, 0.1) is 0 Å². The average molecular weight is 656 g/mol. The molecule has 4 rings (SSSR count). The molecule has 244 valence electrons. The molecule has 12 heteroatoms. The molecule has 0 radical (unpaired) electrons. The van der Waals surface area contributed by atoms with E-state index in [0.29, 0.717) is 18.8 Å². The molecular weight excluding hydrogens is 619 g/mol. The van der Waals surface area contributed by atoms with E-state index in [1.807, 2.05) is 41.3 Å². The van der Waals surface area contributed by atoms with E-state index in [0.717, 1.165) is 11.6 Å². The third-order valence-electron chi connectivity index (χ3n) is 6.73. The highest BCUT2D eigenvalue weighted by atomic mass is 32.2. The molecule has 0 heterocycles. The van der Waals surface area contributed by atoms with Gasteiger partial charge in [-0.3, -0.25) is 4.72 Å². The van der Waals surface area contributed by atoms with Gasteiger partial charge in [-0.15, -0.1) is 0 Å². The number of methoxy groups -OCH3 is 1. The number of carbonyl (C=O) groups is 1. The summed E-state index contributed by atoms with van der Waals surface area (Å²) in [6.45, 7) is 6.40. The number of nitrogens with zero attached hydrogens (tertiary/aromatic N) is 1. The fourth-order valence-electron chi connectivity index (χ4n) is 4.72. The number of hydrogen-bond acceptors (Lipinski definition) is 6. The lowest BCUT2D eigenvalue weighted by molar-refractivity contribution is -0.137. The van der Waals surface area contributed by atoms with Crippen molar-refractivity contribution in [2.45, 2.75) is 44.0 Å². The molecule has 0 fully saturated rings. The minimum Gasteiger partial charge on any atom is -0.495 e. The molecule has 1 amide bonds. The second-order valence-corrected chi connectivity index (χ2v) is 13.1. The topological polar surface area (TPSA) is 97.0 Å². The van der Waals surface area contributed by atoms with Crippen LogP contribution in [0.4, 0.5) is 29.3 Å². The molecule has 0 bridgehead atoms. The van der Waals surface area contributed by atoms with Gasteiger partial charge in [0, 0.05) is 25.3 Å². The highest BCUT2D eigenvalue weighted by Crippen LogP contribution is 2.39. The first-order valence-electron chi connectivity index (χ1n) is 14.4. The Labute approximate surface area is 267 Å². The van der Waals surface area contributed by atoms with Crippen LogP contribution in [0.15, 0.2) is 102 Å². The Morgan fingerprint density at radius 3 is 2.24 bits per heavy atom. The van der Waals surface area contributed by atoms with Gasteiger partial charge in [0.1, 0.15) is 16.2 Å². The molecule has 0 spiro atoms. The maximum atomic E-state index is 13.7. The number of hydrogen-bond donors (Lipinski definition) is 2. The molecule has 8 nitrogen and oxygen atoms in total. The number of amides is 1. The van der Waals surface area contributed by atoms with Crippen LogP contribution in [-0.2, 0) is 27.5 Å². The molecule has 0 aliphatic carbocycles. The fraction of sp³-hybridized carbons (Fsp3) is 0.265. The summed E-state index contributed by atoms with van der Waals surface area (Å²) in [7, 11) is -3.05. The smallest absolute Gasteiger partial charge is 0.417 e. The molecule has 46 heavy (non-hydrogen) atoms. The molecule has 0 aliphatic heterocycles. The van der Waals surface area contributed by atoms with Gasteiger partial charge >= 0.3 is 12.3 Å². The summed E-state index contributed by atoms with van der Waals surface area (Å²) in [5, 5.41) is 2.75. The fourth-order valence-corrected chi connectivity index (χ4v) is 5.97. The molecule has 0 aromatic heterocycles. The number of halogens is 3. The van der Waals surface area contributed by atoms with E-state index in [1.165, 1.54) is 43.5 Å². The number of rotatable bonds is 11. The number of alkyl halides is 3. The number of sulfonamides is 1. The largest absolute Gasteiger partial charge is 0.495 e. The van der Waals surface area contributed by atoms with Crippen molar-refractivity contribution in [2.24, 2.45) is 0 Å². The van der Waals surface area contributed by atoms with Crippen molar-refractivity contribution in [2.75, 3.05) is 29.8 Å². The van der Waals surface area contributed by atoms with E-state index in [9.17, 15) is 26.4 Å². The number of anilines is 2. The van der Waals surface area contributed by atoms with Gasteiger partial charge in [0.15, 0.2) is 0 Å². The normalized spacial score (nSPS) is 11.9. The van der Waals surface area contributed by atoms with Crippen LogP contribution >= 0.6 is 0 Å². The van der Waals surface area contributed by atoms with Crippen LogP contribution in [0.5, 0.6) is 5.75 Å². The van der Waals surface area contributed by atoms with Crippen LogP contribution in [0.1, 0.15) is 31.9 Å². The summed E-state index contributed by atoms with van der Waals surface area (Å²) in [4.78, 5) is 13.9. The minimum absolute atomic E-state index is 0.0317. The second-order valence-electron chi connectivity index (χ2n) is 11.4. The van der Waals surface area contributed by atoms with Crippen molar-refractivity contribution < 1.29 is 35.9 Å². The Balaban J connectivity index is 1.62. The predicted molar refractivity (Wildman–Crippen MR) is 172 cm³/mol. The second kappa shape index (κ2) is 14.2. The van der Waals surface area contributed by atoms with Gasteiger partial charge < -0.3 is 19.7 Å². The summed E-state index contributed by atoms with van der Waals surface area (Å²) in [6.07, 6.45) is -5.19. The van der Waals surface area contributed by atoms with E-state index < -0.39 is 33.5 Å². The zero-order valence-corrected chi connectivity index (χ0v) is 26.7. The van der Waals surface area contributed by atoms with E-state index in [4.69, 9.17) is 9.47 Å². The zero-order valence-electron chi connectivity index (χ0n) is 25.9. The van der Waals surface area contributed by atoms with Crippen LogP contribution in [0.25, 0.3) is 11.1 Å². The first-order chi connectivity index (χ1) is 21.7. The van der Waals surface area contributed by atoms with Gasteiger partial charge in [0.25, 0.3) is 10.0 Å². The van der Waals surface area contributed by atoms with E-state index in [2.05, 4.69) is 10.0 Å². The number of alkyl carbamates (subject to hydrolysis) is 1. The Bertz CT molecular complexity index is 1760. The Morgan fingerprint density at radius 1 is 0.870 bits per heavy atom. The zero-order chi connectivity index (χ0) is 33.5. The molecular formula is C34H36F3N3O5S. The van der Waals surface area contributed by atoms with Crippen LogP contribution in [-0.4, -0.2) is 40.3 Å². The first kappa shape index (κ1) is 34.2. The molecule has 0 atom stereocenters. The standard InChI is InChI=1S/C34H36F3N3O5S/c1-33(2,3)45-32(41)38-19-20-40(23-24-11-6-5-7-12-24)27-14-10-13-26(22-27)39-46(42,43)31-21-25(17-18-30(31)44-4)28-15-8-9-16-29(28)34(35,36)37/h5-18,21-22,39H,19-20,23H2,1-4H3,(H,38,41). The van der Waals surface area contributed by atoms with Crippen molar-refractivity contribution in [3.8, 4) is 16.9 Å². The van der Waals surface area contributed by atoms with Crippen molar-refractivity contribution in [3.63, 3.8) is 0 Å². The molecule has 0 unspecified atom stereocenters. The van der Waals surface area contributed by atoms with Crippen molar-refractivity contribution in [1.82, 2.24) is 5.32 Å². The minimum atomic E-state index is -4.64. The summed E-state index contributed by atoms with van der Waals surface area (Å²) < 4.78 is 81.8. The quantitative estimate of drug-likeness (QED) is 0.172. The van der Waals surface area contributed by atoms with Gasteiger partial charge in [0.2, 0.25) is 0 Å². The van der Waals surface area contributed by atoms with E-state index >= 15 is 0 Å². The summed E-state index contributed by atoms with van der Waals surface area (Å²) >= 11 is 0. The van der Waals surface area contributed by atoms with Crippen LogP contribution in [0.2, 0.25) is 0 Å². The van der Waals surface area contributed by atoms with Crippen LogP contribution in [0.3, 0.4) is 0 Å². The molecule has 4 aromatic carbocycles. The molecule has 0 saturated carbocycles. The Morgan fingerprint density at radius 2 is 1.57 bits per heavy atom. The van der Waals surface area contributed by atoms with Crippen LogP contribution < -0.4 is 19.7 Å². The number of carbonyl (C=O) groups excluding carboxylic acids is 1. The lowest BCUT2D eigenvalue weighted by atomic mass is 9.99. The van der Waals surface area contributed by atoms with Gasteiger partial charge in [-0.05, 0) is 73.9 Å². The molecule has 0 saturated heterocycles. The highest BCUT2D eigenvalue weighted by Gasteiger charge is 2.34. The summed E-state index contributed by atoms with van der Waals surface area (Å²) in [6, 6.07) is 25.2. The molecule has 4 aromatic rings. The third-order valence-corrected chi connectivity index (χ3v) is 8.13. The molecule has 2 N–H and O–H groups in total. The number of nitrogens with one attached hydrogen (secondary N) is 2. The first-order valence-corrected chi connectivity index (χ1v) is 15.9. The lowest BCUT2D eigenvalue weighted by Crippen LogP contribution is -2.38. The predicted octanol–water partition coefficient (Wildman–Crippen LogP) is 7.71. The van der Waals surface area contributed by atoms with Gasteiger partial charge in [-0.25, -0.2) is 13.2 Å².